The molecule has 17 heavy (non-hydrogen) atoms. The van der Waals surface area contributed by atoms with E-state index in [1.165, 1.54) is 6.92 Å². The SMILES string of the molecule is Cc1ccc2cccc(OC(C)C(=O)O)c2n1. The number of rotatable bonds is 3. The highest BCUT2D eigenvalue weighted by Gasteiger charge is 2.14. The molecule has 88 valence electrons. The molecule has 1 N–H and O–H groups in total. The summed E-state index contributed by atoms with van der Waals surface area (Å²) in [6.07, 6.45) is -0.886. The molecule has 1 atom stereocenters. The van der Waals surface area contributed by atoms with Crippen LogP contribution in [-0.2, 0) is 4.79 Å². The highest BCUT2D eigenvalue weighted by molar-refractivity contribution is 5.85. The van der Waals surface area contributed by atoms with Crippen molar-refractivity contribution in [3.63, 3.8) is 0 Å². The molecule has 1 aromatic heterocycles. The van der Waals surface area contributed by atoms with Crippen molar-refractivity contribution in [1.29, 1.82) is 0 Å². The van der Waals surface area contributed by atoms with Crippen molar-refractivity contribution in [3.8, 4) is 5.75 Å². The fourth-order valence-corrected chi connectivity index (χ4v) is 1.55. The number of fused-ring (bicyclic) bond motifs is 1. The molecule has 2 rings (SSSR count). The lowest BCUT2D eigenvalue weighted by Crippen LogP contribution is -2.23. The van der Waals surface area contributed by atoms with Gasteiger partial charge >= 0.3 is 5.97 Å². The van der Waals surface area contributed by atoms with Crippen molar-refractivity contribution in [2.24, 2.45) is 0 Å². The third kappa shape index (κ3) is 2.36. The van der Waals surface area contributed by atoms with Crippen LogP contribution in [0.15, 0.2) is 30.3 Å². The first-order valence-corrected chi connectivity index (χ1v) is 5.34. The molecule has 1 aromatic carbocycles. The van der Waals surface area contributed by atoms with Crippen molar-refractivity contribution in [3.05, 3.63) is 36.0 Å². The van der Waals surface area contributed by atoms with Gasteiger partial charge in [0.25, 0.3) is 0 Å². The van der Waals surface area contributed by atoms with E-state index < -0.39 is 12.1 Å². The molecule has 0 spiro atoms. The van der Waals surface area contributed by atoms with Gasteiger partial charge in [-0.3, -0.25) is 0 Å². The maximum absolute atomic E-state index is 10.8. The van der Waals surface area contributed by atoms with Crippen LogP contribution in [0.4, 0.5) is 0 Å². The number of carboxylic acids is 1. The average molecular weight is 231 g/mol. The summed E-state index contributed by atoms with van der Waals surface area (Å²) < 4.78 is 5.38. The lowest BCUT2D eigenvalue weighted by Gasteiger charge is -2.12. The first-order valence-electron chi connectivity index (χ1n) is 5.34. The Bertz CT molecular complexity index is 566. The molecule has 0 fully saturated rings. The molecule has 1 heterocycles. The maximum Gasteiger partial charge on any atom is 0.344 e. The van der Waals surface area contributed by atoms with Gasteiger partial charge in [0.2, 0.25) is 0 Å². The van der Waals surface area contributed by atoms with Gasteiger partial charge in [-0.1, -0.05) is 18.2 Å². The summed E-state index contributed by atoms with van der Waals surface area (Å²) in [6, 6.07) is 9.32. The number of nitrogens with zero attached hydrogens (tertiary/aromatic N) is 1. The van der Waals surface area contributed by atoms with Crippen molar-refractivity contribution < 1.29 is 14.6 Å². The minimum atomic E-state index is -0.991. The minimum Gasteiger partial charge on any atom is -0.479 e. The Hall–Kier alpha value is -2.10. The van der Waals surface area contributed by atoms with Crippen LogP contribution < -0.4 is 4.74 Å². The molecule has 4 heteroatoms. The van der Waals surface area contributed by atoms with Gasteiger partial charge in [-0.25, -0.2) is 9.78 Å². The van der Waals surface area contributed by atoms with Gasteiger partial charge in [0.05, 0.1) is 0 Å². The monoisotopic (exact) mass is 231 g/mol. The van der Waals surface area contributed by atoms with E-state index in [0.717, 1.165) is 11.1 Å². The van der Waals surface area contributed by atoms with Gasteiger partial charge in [0.15, 0.2) is 6.10 Å². The molecule has 0 saturated heterocycles. The number of aryl methyl sites for hydroxylation is 1. The van der Waals surface area contributed by atoms with Crippen LogP contribution in [0.25, 0.3) is 10.9 Å². The van der Waals surface area contributed by atoms with Crippen LogP contribution in [0.5, 0.6) is 5.75 Å². The third-order valence-electron chi connectivity index (χ3n) is 2.47. The zero-order chi connectivity index (χ0) is 12.4. The molecule has 2 aromatic rings. The van der Waals surface area contributed by atoms with E-state index in [-0.39, 0.29) is 0 Å². The van der Waals surface area contributed by atoms with E-state index in [9.17, 15) is 4.79 Å². The van der Waals surface area contributed by atoms with Crippen molar-refractivity contribution in [2.45, 2.75) is 20.0 Å². The standard InChI is InChI=1S/C13H13NO3/c1-8-6-7-10-4-3-5-11(12(10)14-8)17-9(2)13(15)16/h3-7,9H,1-2H3,(H,15,16). The lowest BCUT2D eigenvalue weighted by atomic mass is 10.2. The second kappa shape index (κ2) is 4.41. The highest BCUT2D eigenvalue weighted by atomic mass is 16.5. The van der Waals surface area contributed by atoms with Crippen LogP contribution in [0.3, 0.4) is 0 Å². The van der Waals surface area contributed by atoms with Crippen molar-refractivity contribution in [1.82, 2.24) is 4.98 Å². The summed E-state index contributed by atoms with van der Waals surface area (Å²) in [6.45, 7) is 3.38. The average Bonchev–Trinajstić information content (AvgIpc) is 2.29. The van der Waals surface area contributed by atoms with Gasteiger partial charge in [0.1, 0.15) is 11.3 Å². The number of aliphatic carboxylic acids is 1. The quantitative estimate of drug-likeness (QED) is 0.881. The van der Waals surface area contributed by atoms with Crippen molar-refractivity contribution in [2.75, 3.05) is 0 Å². The Morgan fingerprint density at radius 2 is 2.12 bits per heavy atom. The first-order chi connectivity index (χ1) is 8.08. The molecule has 4 nitrogen and oxygen atoms in total. The fraction of sp³-hybridized carbons (Fsp3) is 0.231. The molecule has 0 aliphatic heterocycles. The number of aromatic nitrogens is 1. The molecule has 0 amide bonds. The Morgan fingerprint density at radius 3 is 2.82 bits per heavy atom. The maximum atomic E-state index is 10.8. The van der Waals surface area contributed by atoms with E-state index in [1.807, 2.05) is 31.2 Å². The minimum absolute atomic E-state index is 0.501. The number of hydrogen-bond acceptors (Lipinski definition) is 3. The molecule has 0 radical (unpaired) electrons. The Kier molecular flexibility index (Phi) is 2.95. The van der Waals surface area contributed by atoms with Gasteiger partial charge < -0.3 is 9.84 Å². The summed E-state index contributed by atoms with van der Waals surface area (Å²) in [5.41, 5.74) is 1.57. The fourth-order valence-electron chi connectivity index (χ4n) is 1.55. The van der Waals surface area contributed by atoms with E-state index in [2.05, 4.69) is 4.98 Å². The zero-order valence-electron chi connectivity index (χ0n) is 9.68. The first kappa shape index (κ1) is 11.4. The Morgan fingerprint density at radius 1 is 1.35 bits per heavy atom. The number of pyridine rings is 1. The predicted octanol–water partition coefficient (Wildman–Crippen LogP) is 2.40. The van der Waals surface area contributed by atoms with Gasteiger partial charge in [-0.15, -0.1) is 0 Å². The molecule has 0 bridgehead atoms. The summed E-state index contributed by atoms with van der Waals surface area (Å²) >= 11 is 0. The molecule has 0 aliphatic carbocycles. The second-order valence-corrected chi connectivity index (χ2v) is 3.88. The number of carboxylic acid groups (broad SMARTS) is 1. The van der Waals surface area contributed by atoms with Crippen LogP contribution in [0.2, 0.25) is 0 Å². The van der Waals surface area contributed by atoms with Gasteiger partial charge in [-0.05, 0) is 26.0 Å². The molecule has 0 saturated carbocycles. The van der Waals surface area contributed by atoms with E-state index in [1.54, 1.807) is 6.07 Å². The smallest absolute Gasteiger partial charge is 0.344 e. The second-order valence-electron chi connectivity index (χ2n) is 3.88. The predicted molar refractivity (Wildman–Crippen MR) is 64.2 cm³/mol. The van der Waals surface area contributed by atoms with Gasteiger partial charge in [-0.2, -0.15) is 0 Å². The summed E-state index contributed by atoms with van der Waals surface area (Å²) in [7, 11) is 0. The van der Waals surface area contributed by atoms with E-state index >= 15 is 0 Å². The molecule has 1 unspecified atom stereocenters. The van der Waals surface area contributed by atoms with Crippen LogP contribution in [0, 0.1) is 6.92 Å². The largest absolute Gasteiger partial charge is 0.479 e. The molecule has 0 aliphatic rings. The zero-order valence-corrected chi connectivity index (χ0v) is 9.68. The molecular formula is C13H13NO3. The van der Waals surface area contributed by atoms with E-state index in [4.69, 9.17) is 9.84 Å². The normalized spacial score (nSPS) is 12.4. The van der Waals surface area contributed by atoms with E-state index in [0.29, 0.717) is 11.3 Å². The number of ether oxygens (including phenoxy) is 1. The molecular weight excluding hydrogens is 218 g/mol. The summed E-state index contributed by atoms with van der Waals surface area (Å²) in [4.78, 5) is 15.1. The van der Waals surface area contributed by atoms with Crippen molar-refractivity contribution >= 4 is 16.9 Å². The Labute approximate surface area is 98.9 Å². The third-order valence-corrected chi connectivity index (χ3v) is 2.47. The Balaban J connectivity index is 2.46. The van der Waals surface area contributed by atoms with Crippen LogP contribution in [-0.4, -0.2) is 22.2 Å². The summed E-state index contributed by atoms with van der Waals surface area (Å²) in [5, 5.41) is 9.76. The number of carbonyl (C=O) groups is 1. The van der Waals surface area contributed by atoms with Crippen LogP contribution >= 0.6 is 0 Å². The highest BCUT2D eigenvalue weighted by Crippen LogP contribution is 2.24. The topological polar surface area (TPSA) is 59.4 Å². The number of benzene rings is 1. The summed E-state index contributed by atoms with van der Waals surface area (Å²) in [5.74, 6) is -0.490. The van der Waals surface area contributed by atoms with Gasteiger partial charge in [0, 0.05) is 11.1 Å². The number of hydrogen-bond donors (Lipinski definition) is 1. The number of para-hydroxylation sites is 1. The lowest BCUT2D eigenvalue weighted by molar-refractivity contribution is -0.144. The van der Waals surface area contributed by atoms with Crippen LogP contribution in [0.1, 0.15) is 12.6 Å².